The molecule has 0 amide bonds. The lowest BCUT2D eigenvalue weighted by Gasteiger charge is -2.05. The van der Waals surface area contributed by atoms with Gasteiger partial charge in [0.05, 0.1) is 0 Å². The Balaban J connectivity index is 1.90. The van der Waals surface area contributed by atoms with Crippen LogP contribution >= 0.6 is 0 Å². The molecule has 0 fully saturated rings. The minimum Gasteiger partial charge on any atom is -0.466 e. The summed E-state index contributed by atoms with van der Waals surface area (Å²) in [6, 6.07) is 5.78. The monoisotopic (exact) mass is 273 g/mol. The van der Waals surface area contributed by atoms with Gasteiger partial charge in [0.25, 0.3) is 0 Å². The third kappa shape index (κ3) is 4.08. The van der Waals surface area contributed by atoms with Gasteiger partial charge in [0.1, 0.15) is 11.5 Å². The molecular weight excluding hydrogens is 254 g/mol. The minimum atomic E-state index is 0.304. The number of guanidine groups is 1. The van der Waals surface area contributed by atoms with E-state index in [4.69, 9.17) is 10.2 Å². The quantitative estimate of drug-likeness (QED) is 0.656. The highest BCUT2D eigenvalue weighted by molar-refractivity contribution is 5.90. The topological polar surface area (TPSA) is 89.3 Å². The Labute approximate surface area is 118 Å². The van der Waals surface area contributed by atoms with E-state index in [0.29, 0.717) is 24.9 Å². The molecule has 0 radical (unpaired) electrons. The van der Waals surface area contributed by atoms with Crippen LogP contribution in [0.15, 0.2) is 27.6 Å². The van der Waals surface area contributed by atoms with Gasteiger partial charge in [0, 0.05) is 24.4 Å². The Kier molecular flexibility index (Phi) is 4.34. The molecule has 0 bridgehead atoms. The lowest BCUT2D eigenvalue weighted by Crippen LogP contribution is -2.24. The Morgan fingerprint density at radius 3 is 2.55 bits per heavy atom. The van der Waals surface area contributed by atoms with Crippen molar-refractivity contribution in [3.63, 3.8) is 0 Å². The van der Waals surface area contributed by atoms with E-state index < -0.39 is 0 Å². The zero-order valence-corrected chi connectivity index (χ0v) is 12.0. The number of nitrogens with one attached hydrogen (secondary N) is 1. The van der Waals surface area contributed by atoms with E-state index in [0.717, 1.165) is 22.9 Å². The molecule has 2 aromatic rings. The molecule has 3 N–H and O–H groups in total. The molecule has 0 saturated heterocycles. The summed E-state index contributed by atoms with van der Waals surface area (Å²) < 4.78 is 5.46. The van der Waals surface area contributed by atoms with Gasteiger partial charge >= 0.3 is 0 Å². The Hall–Kier alpha value is -2.37. The SMILES string of the molecule is Cc1cc(C)nc(NC(N)=NCCc2ccc(C)o2)n1. The first kappa shape index (κ1) is 14.0. The molecule has 106 valence electrons. The lowest BCUT2D eigenvalue weighted by atomic mass is 10.3. The standard InChI is InChI=1S/C14H19N5O/c1-9-8-10(2)18-14(17-9)19-13(15)16-7-6-12-5-4-11(3)20-12/h4-5,8H,6-7H2,1-3H3,(H3,15,16,17,18,19). The summed E-state index contributed by atoms with van der Waals surface area (Å²) >= 11 is 0. The predicted molar refractivity (Wildman–Crippen MR) is 78.8 cm³/mol. The first-order valence-electron chi connectivity index (χ1n) is 6.47. The number of aliphatic imine (C=N–C) groups is 1. The number of anilines is 1. The summed E-state index contributed by atoms with van der Waals surface area (Å²) in [5, 5.41) is 2.89. The largest absolute Gasteiger partial charge is 0.466 e. The van der Waals surface area contributed by atoms with Crippen molar-refractivity contribution in [1.82, 2.24) is 9.97 Å². The summed E-state index contributed by atoms with van der Waals surface area (Å²) in [4.78, 5) is 12.7. The first-order chi connectivity index (χ1) is 9.52. The maximum absolute atomic E-state index is 5.80. The van der Waals surface area contributed by atoms with E-state index in [9.17, 15) is 0 Å². The van der Waals surface area contributed by atoms with Crippen molar-refractivity contribution in [2.75, 3.05) is 11.9 Å². The van der Waals surface area contributed by atoms with Crippen molar-refractivity contribution in [3.8, 4) is 0 Å². The third-order valence-electron chi connectivity index (χ3n) is 2.66. The Bertz CT molecular complexity index is 598. The van der Waals surface area contributed by atoms with Crippen molar-refractivity contribution in [3.05, 3.63) is 41.1 Å². The molecule has 0 spiro atoms. The molecule has 0 aliphatic rings. The van der Waals surface area contributed by atoms with Crippen LogP contribution in [-0.4, -0.2) is 22.5 Å². The Morgan fingerprint density at radius 2 is 1.95 bits per heavy atom. The van der Waals surface area contributed by atoms with Crippen LogP contribution in [0.5, 0.6) is 0 Å². The molecule has 6 heteroatoms. The molecule has 0 unspecified atom stereocenters. The average molecular weight is 273 g/mol. The van der Waals surface area contributed by atoms with Gasteiger partial charge < -0.3 is 10.2 Å². The van der Waals surface area contributed by atoms with E-state index >= 15 is 0 Å². The second-order valence-electron chi connectivity index (χ2n) is 4.63. The summed E-state index contributed by atoms with van der Waals surface area (Å²) in [7, 11) is 0. The molecule has 0 atom stereocenters. The third-order valence-corrected chi connectivity index (χ3v) is 2.66. The predicted octanol–water partition coefficient (Wildman–Crippen LogP) is 1.96. The maximum atomic E-state index is 5.80. The number of aromatic nitrogens is 2. The van der Waals surface area contributed by atoms with Crippen LogP contribution in [-0.2, 0) is 6.42 Å². The van der Waals surface area contributed by atoms with E-state index in [1.54, 1.807) is 0 Å². The van der Waals surface area contributed by atoms with Gasteiger partial charge in [-0.15, -0.1) is 0 Å². The number of hydrogen-bond acceptors (Lipinski definition) is 4. The molecule has 2 aromatic heterocycles. The van der Waals surface area contributed by atoms with Crippen molar-refractivity contribution in [2.45, 2.75) is 27.2 Å². The van der Waals surface area contributed by atoms with E-state index in [1.807, 2.05) is 39.0 Å². The van der Waals surface area contributed by atoms with Gasteiger partial charge in [-0.1, -0.05) is 0 Å². The summed E-state index contributed by atoms with van der Waals surface area (Å²) in [6.45, 7) is 6.29. The van der Waals surface area contributed by atoms with Gasteiger partial charge in [-0.05, 0) is 39.0 Å². The Morgan fingerprint density at radius 1 is 1.25 bits per heavy atom. The minimum absolute atomic E-state index is 0.304. The van der Waals surface area contributed by atoms with Gasteiger partial charge in [-0.2, -0.15) is 0 Å². The molecule has 2 heterocycles. The number of hydrogen-bond donors (Lipinski definition) is 2. The van der Waals surface area contributed by atoms with Gasteiger partial charge in [-0.25, -0.2) is 9.97 Å². The van der Waals surface area contributed by atoms with Crippen LogP contribution < -0.4 is 11.1 Å². The highest BCUT2D eigenvalue weighted by Gasteiger charge is 2.01. The molecule has 0 saturated carbocycles. The maximum Gasteiger partial charge on any atom is 0.229 e. The van der Waals surface area contributed by atoms with Crippen LogP contribution in [0.25, 0.3) is 0 Å². The zero-order chi connectivity index (χ0) is 14.5. The second-order valence-corrected chi connectivity index (χ2v) is 4.63. The van der Waals surface area contributed by atoms with Crippen LogP contribution in [0, 0.1) is 20.8 Å². The van der Waals surface area contributed by atoms with Gasteiger partial charge in [0.15, 0.2) is 5.96 Å². The van der Waals surface area contributed by atoms with Crippen molar-refractivity contribution >= 4 is 11.9 Å². The van der Waals surface area contributed by atoms with E-state index in [1.165, 1.54) is 0 Å². The van der Waals surface area contributed by atoms with E-state index in [-0.39, 0.29) is 0 Å². The molecule has 0 aliphatic heterocycles. The molecule has 20 heavy (non-hydrogen) atoms. The van der Waals surface area contributed by atoms with Crippen molar-refractivity contribution in [2.24, 2.45) is 10.7 Å². The van der Waals surface area contributed by atoms with Crippen molar-refractivity contribution < 1.29 is 4.42 Å². The number of nitrogens with two attached hydrogens (primary N) is 1. The molecular formula is C14H19N5O. The van der Waals surface area contributed by atoms with Gasteiger partial charge in [-0.3, -0.25) is 10.3 Å². The van der Waals surface area contributed by atoms with Crippen molar-refractivity contribution in [1.29, 1.82) is 0 Å². The fourth-order valence-corrected chi connectivity index (χ4v) is 1.84. The number of aryl methyl sites for hydroxylation is 3. The highest BCUT2D eigenvalue weighted by Crippen LogP contribution is 2.07. The van der Waals surface area contributed by atoms with Crippen LogP contribution in [0.3, 0.4) is 0 Å². The highest BCUT2D eigenvalue weighted by atomic mass is 16.3. The summed E-state index contributed by atoms with van der Waals surface area (Å²) in [5.74, 6) is 2.58. The normalized spacial score (nSPS) is 11.7. The van der Waals surface area contributed by atoms with Gasteiger partial charge in [0.2, 0.25) is 5.95 Å². The second kappa shape index (κ2) is 6.18. The van der Waals surface area contributed by atoms with Crippen LogP contribution in [0.1, 0.15) is 22.9 Å². The van der Waals surface area contributed by atoms with Crippen LogP contribution in [0.4, 0.5) is 5.95 Å². The number of rotatable bonds is 4. The van der Waals surface area contributed by atoms with Crippen LogP contribution in [0.2, 0.25) is 0 Å². The van der Waals surface area contributed by atoms with E-state index in [2.05, 4.69) is 20.3 Å². The first-order valence-corrected chi connectivity index (χ1v) is 6.47. The average Bonchev–Trinajstić information content (AvgIpc) is 2.73. The smallest absolute Gasteiger partial charge is 0.229 e. The summed E-state index contributed by atoms with van der Waals surface area (Å²) in [5.41, 5.74) is 7.58. The fraction of sp³-hybridized carbons (Fsp3) is 0.357. The molecule has 0 aromatic carbocycles. The molecule has 0 aliphatic carbocycles. The molecule has 6 nitrogen and oxygen atoms in total. The fourth-order valence-electron chi connectivity index (χ4n) is 1.84. The summed E-state index contributed by atoms with van der Waals surface area (Å²) in [6.07, 6.45) is 0.712. The molecule has 2 rings (SSSR count). The zero-order valence-electron chi connectivity index (χ0n) is 12.0. The number of furan rings is 1. The lowest BCUT2D eigenvalue weighted by molar-refractivity contribution is 0.484. The number of nitrogens with zero attached hydrogens (tertiary/aromatic N) is 3.